The molecule has 2 N–H and O–H groups in total. The molecule has 0 spiro atoms. The minimum Gasteiger partial charge on any atom is -0.396 e. The molecule has 94 valence electrons. The first-order chi connectivity index (χ1) is 8.17. The molecule has 0 unspecified atom stereocenters. The molecule has 0 saturated heterocycles. The maximum absolute atomic E-state index is 11.3. The van der Waals surface area contributed by atoms with Crippen molar-refractivity contribution in [2.75, 3.05) is 27.2 Å². The number of aliphatic hydroxyl groups excluding tert-OH is 1. The summed E-state index contributed by atoms with van der Waals surface area (Å²) in [6.45, 7) is 1.92. The van der Waals surface area contributed by atoms with Gasteiger partial charge in [0.25, 0.3) is 5.91 Å². The summed E-state index contributed by atoms with van der Waals surface area (Å²) >= 11 is 0. The van der Waals surface area contributed by atoms with E-state index < -0.39 is 0 Å². The van der Waals surface area contributed by atoms with E-state index in [-0.39, 0.29) is 12.5 Å². The second-order valence-electron chi connectivity index (χ2n) is 4.09. The van der Waals surface area contributed by atoms with E-state index in [1.165, 1.54) is 0 Å². The standard InChI is InChI=1S/C13H20N2O2/c1-14-13(17)12-6-4-11(5-7-12)10-15(2)8-3-9-16/h4-7,16H,3,8-10H2,1-2H3,(H,14,17). The Bertz CT molecular complexity index is 349. The minimum atomic E-state index is -0.0646. The van der Waals surface area contributed by atoms with Gasteiger partial charge in [0.2, 0.25) is 0 Å². The van der Waals surface area contributed by atoms with Gasteiger partial charge in [-0.3, -0.25) is 4.79 Å². The zero-order valence-electron chi connectivity index (χ0n) is 10.4. The molecular weight excluding hydrogens is 216 g/mol. The second-order valence-corrected chi connectivity index (χ2v) is 4.09. The van der Waals surface area contributed by atoms with E-state index in [0.717, 1.165) is 25.1 Å². The van der Waals surface area contributed by atoms with E-state index in [1.807, 2.05) is 31.3 Å². The predicted octanol–water partition coefficient (Wildman–Crippen LogP) is 0.860. The van der Waals surface area contributed by atoms with Crippen LogP contribution in [0.1, 0.15) is 22.3 Å². The van der Waals surface area contributed by atoms with Gasteiger partial charge in [-0.15, -0.1) is 0 Å². The Morgan fingerprint density at radius 1 is 1.35 bits per heavy atom. The number of hydrogen-bond donors (Lipinski definition) is 2. The van der Waals surface area contributed by atoms with Crippen molar-refractivity contribution in [3.63, 3.8) is 0 Å². The zero-order valence-corrected chi connectivity index (χ0v) is 10.4. The van der Waals surface area contributed by atoms with Gasteiger partial charge in [-0.05, 0) is 31.2 Å². The second kappa shape index (κ2) is 7.04. The van der Waals surface area contributed by atoms with Crippen molar-refractivity contribution < 1.29 is 9.90 Å². The molecule has 1 amide bonds. The van der Waals surface area contributed by atoms with Crippen LogP contribution in [0.25, 0.3) is 0 Å². The maximum Gasteiger partial charge on any atom is 0.251 e. The van der Waals surface area contributed by atoms with Gasteiger partial charge >= 0.3 is 0 Å². The van der Waals surface area contributed by atoms with E-state index in [4.69, 9.17) is 5.11 Å². The first kappa shape index (κ1) is 13.7. The summed E-state index contributed by atoms with van der Waals surface area (Å²) < 4.78 is 0. The van der Waals surface area contributed by atoms with E-state index in [0.29, 0.717) is 5.56 Å². The highest BCUT2D eigenvalue weighted by Gasteiger charge is 2.03. The lowest BCUT2D eigenvalue weighted by Gasteiger charge is -2.16. The molecule has 1 aromatic rings. The summed E-state index contributed by atoms with van der Waals surface area (Å²) in [7, 11) is 3.64. The lowest BCUT2D eigenvalue weighted by molar-refractivity contribution is 0.0963. The Balaban J connectivity index is 2.53. The molecule has 0 fully saturated rings. The van der Waals surface area contributed by atoms with E-state index in [9.17, 15) is 4.79 Å². The van der Waals surface area contributed by atoms with Crippen LogP contribution in [-0.2, 0) is 6.54 Å². The summed E-state index contributed by atoms with van der Waals surface area (Å²) in [4.78, 5) is 13.5. The highest BCUT2D eigenvalue weighted by molar-refractivity contribution is 5.93. The molecular formula is C13H20N2O2. The Morgan fingerprint density at radius 2 is 2.00 bits per heavy atom. The molecule has 1 aromatic carbocycles. The topological polar surface area (TPSA) is 52.6 Å². The molecule has 0 aliphatic rings. The van der Waals surface area contributed by atoms with Gasteiger partial charge in [0, 0.05) is 32.3 Å². The van der Waals surface area contributed by atoms with Crippen LogP contribution >= 0.6 is 0 Å². The van der Waals surface area contributed by atoms with Crippen molar-refractivity contribution >= 4 is 5.91 Å². The third kappa shape index (κ3) is 4.54. The number of benzene rings is 1. The Morgan fingerprint density at radius 3 is 2.53 bits per heavy atom. The third-order valence-electron chi connectivity index (χ3n) is 2.59. The van der Waals surface area contributed by atoms with E-state index >= 15 is 0 Å². The van der Waals surface area contributed by atoms with Crippen LogP contribution in [0.5, 0.6) is 0 Å². The minimum absolute atomic E-state index is 0.0646. The molecule has 0 aliphatic carbocycles. The largest absolute Gasteiger partial charge is 0.396 e. The number of aliphatic hydroxyl groups is 1. The molecule has 0 aliphatic heterocycles. The molecule has 0 radical (unpaired) electrons. The van der Waals surface area contributed by atoms with Crippen LogP contribution in [0.15, 0.2) is 24.3 Å². The third-order valence-corrected chi connectivity index (χ3v) is 2.59. The van der Waals surface area contributed by atoms with Gasteiger partial charge in [-0.2, -0.15) is 0 Å². The van der Waals surface area contributed by atoms with E-state index in [1.54, 1.807) is 7.05 Å². The monoisotopic (exact) mass is 236 g/mol. The fourth-order valence-electron chi connectivity index (χ4n) is 1.64. The van der Waals surface area contributed by atoms with Crippen LogP contribution in [0.4, 0.5) is 0 Å². The Labute approximate surface area is 102 Å². The number of amides is 1. The molecule has 0 saturated carbocycles. The summed E-state index contributed by atoms with van der Waals surface area (Å²) in [5.41, 5.74) is 1.84. The Hall–Kier alpha value is -1.39. The van der Waals surface area contributed by atoms with Crippen LogP contribution in [0.3, 0.4) is 0 Å². The smallest absolute Gasteiger partial charge is 0.251 e. The van der Waals surface area contributed by atoms with Crippen molar-refractivity contribution in [2.45, 2.75) is 13.0 Å². The molecule has 1 rings (SSSR count). The van der Waals surface area contributed by atoms with Gasteiger partial charge in [0.1, 0.15) is 0 Å². The lowest BCUT2D eigenvalue weighted by atomic mass is 10.1. The van der Waals surface area contributed by atoms with Crippen molar-refractivity contribution in [1.29, 1.82) is 0 Å². The predicted molar refractivity (Wildman–Crippen MR) is 67.9 cm³/mol. The summed E-state index contributed by atoms with van der Waals surface area (Å²) in [6.07, 6.45) is 0.785. The molecule has 0 atom stereocenters. The molecule has 0 bridgehead atoms. The van der Waals surface area contributed by atoms with Crippen LogP contribution in [-0.4, -0.2) is 43.2 Å². The number of carbonyl (C=O) groups excluding carboxylic acids is 1. The number of rotatable bonds is 6. The first-order valence-electron chi connectivity index (χ1n) is 5.77. The summed E-state index contributed by atoms with van der Waals surface area (Å²) in [5, 5.41) is 11.3. The molecule has 4 heteroatoms. The number of nitrogens with one attached hydrogen (secondary N) is 1. The average molecular weight is 236 g/mol. The van der Waals surface area contributed by atoms with Gasteiger partial charge in [0.15, 0.2) is 0 Å². The normalized spacial score (nSPS) is 10.6. The fraction of sp³-hybridized carbons (Fsp3) is 0.462. The van der Waals surface area contributed by atoms with Crippen molar-refractivity contribution in [1.82, 2.24) is 10.2 Å². The molecule has 17 heavy (non-hydrogen) atoms. The van der Waals surface area contributed by atoms with E-state index in [2.05, 4.69) is 10.2 Å². The van der Waals surface area contributed by atoms with Crippen LogP contribution in [0.2, 0.25) is 0 Å². The molecule has 0 heterocycles. The van der Waals surface area contributed by atoms with Crippen molar-refractivity contribution in [2.24, 2.45) is 0 Å². The number of nitrogens with zero attached hydrogens (tertiary/aromatic N) is 1. The van der Waals surface area contributed by atoms with Gasteiger partial charge < -0.3 is 15.3 Å². The van der Waals surface area contributed by atoms with Crippen LogP contribution in [0, 0.1) is 0 Å². The van der Waals surface area contributed by atoms with Gasteiger partial charge in [-0.25, -0.2) is 0 Å². The van der Waals surface area contributed by atoms with Gasteiger partial charge in [0.05, 0.1) is 0 Å². The summed E-state index contributed by atoms with van der Waals surface area (Å²) in [6, 6.07) is 7.57. The van der Waals surface area contributed by atoms with Crippen molar-refractivity contribution in [3.8, 4) is 0 Å². The van der Waals surface area contributed by atoms with Crippen LogP contribution < -0.4 is 5.32 Å². The first-order valence-corrected chi connectivity index (χ1v) is 5.77. The number of hydrogen-bond acceptors (Lipinski definition) is 3. The lowest BCUT2D eigenvalue weighted by Crippen LogP contribution is -2.20. The highest BCUT2D eigenvalue weighted by Crippen LogP contribution is 2.07. The fourth-order valence-corrected chi connectivity index (χ4v) is 1.64. The van der Waals surface area contributed by atoms with Crippen molar-refractivity contribution in [3.05, 3.63) is 35.4 Å². The zero-order chi connectivity index (χ0) is 12.7. The van der Waals surface area contributed by atoms with Gasteiger partial charge in [-0.1, -0.05) is 12.1 Å². The molecule has 0 aromatic heterocycles. The maximum atomic E-state index is 11.3. The highest BCUT2D eigenvalue weighted by atomic mass is 16.3. The average Bonchev–Trinajstić information content (AvgIpc) is 2.36. The summed E-state index contributed by atoms with van der Waals surface area (Å²) in [5.74, 6) is -0.0646. The molecule has 4 nitrogen and oxygen atoms in total. The quantitative estimate of drug-likeness (QED) is 0.770. The number of carbonyl (C=O) groups is 1. The Kier molecular flexibility index (Phi) is 5.66. The SMILES string of the molecule is CNC(=O)c1ccc(CN(C)CCCO)cc1.